The predicted molar refractivity (Wildman–Crippen MR) is 51.9 cm³/mol. The van der Waals surface area contributed by atoms with Crippen molar-refractivity contribution in [1.82, 2.24) is 4.90 Å². The average Bonchev–Trinajstić information content (AvgIpc) is 2.78. The molecule has 2 rings (SSSR count). The van der Waals surface area contributed by atoms with Gasteiger partial charge in [0.15, 0.2) is 0 Å². The highest BCUT2D eigenvalue weighted by atomic mass is 16.2. The van der Waals surface area contributed by atoms with E-state index < -0.39 is 0 Å². The molecule has 1 aromatic carbocycles. The second kappa shape index (κ2) is 3.10. The molecule has 14 heavy (non-hydrogen) atoms. The largest absolute Gasteiger partial charge is 0.282 e. The number of nitrogens with zero attached hydrogens (tertiary/aromatic N) is 1. The van der Waals surface area contributed by atoms with Crippen LogP contribution in [0.15, 0.2) is 36.0 Å². The van der Waals surface area contributed by atoms with Gasteiger partial charge in [0.2, 0.25) is 5.91 Å². The topological polar surface area (TPSA) is 37.1 Å². The molecule has 0 N–H and O–H groups in total. The quantitative estimate of drug-likeness (QED) is 0.492. The number of carbonyl (C=O) groups is 2. The SMILES string of the molecule is CC(=O)N1C(=O)C1=Cc1ccccc1. The molecule has 2 amide bonds. The van der Waals surface area contributed by atoms with Crippen LogP contribution in [0.5, 0.6) is 0 Å². The number of imide groups is 1. The van der Waals surface area contributed by atoms with Crippen LogP contribution in [0.3, 0.4) is 0 Å². The molecule has 0 saturated carbocycles. The van der Waals surface area contributed by atoms with E-state index in [1.807, 2.05) is 30.3 Å². The van der Waals surface area contributed by atoms with Crippen molar-refractivity contribution in [1.29, 1.82) is 0 Å². The van der Waals surface area contributed by atoms with Crippen molar-refractivity contribution in [2.75, 3.05) is 0 Å². The van der Waals surface area contributed by atoms with Gasteiger partial charge < -0.3 is 0 Å². The van der Waals surface area contributed by atoms with E-state index in [-0.39, 0.29) is 11.8 Å². The summed E-state index contributed by atoms with van der Waals surface area (Å²) in [5.74, 6) is -0.418. The molecule has 1 fully saturated rings. The van der Waals surface area contributed by atoms with E-state index in [2.05, 4.69) is 0 Å². The molecule has 0 atom stereocenters. The Labute approximate surface area is 81.6 Å². The van der Waals surface area contributed by atoms with Crippen molar-refractivity contribution < 1.29 is 9.59 Å². The average molecular weight is 187 g/mol. The number of carbonyl (C=O) groups excluding carboxylic acids is 2. The molecule has 1 aliphatic heterocycles. The predicted octanol–water partition coefficient (Wildman–Crippen LogP) is 1.42. The Morgan fingerprint density at radius 1 is 1.29 bits per heavy atom. The van der Waals surface area contributed by atoms with Gasteiger partial charge in [-0.2, -0.15) is 0 Å². The minimum atomic E-state index is -0.225. The van der Waals surface area contributed by atoms with Gasteiger partial charge in [0.05, 0.1) is 0 Å². The number of benzene rings is 1. The van der Waals surface area contributed by atoms with Crippen LogP contribution >= 0.6 is 0 Å². The molecule has 0 unspecified atom stereocenters. The highest BCUT2D eigenvalue weighted by molar-refractivity contribution is 6.23. The smallest absolute Gasteiger partial charge is 0.274 e. The monoisotopic (exact) mass is 187 g/mol. The summed E-state index contributed by atoms with van der Waals surface area (Å²) in [4.78, 5) is 23.1. The van der Waals surface area contributed by atoms with Crippen LogP contribution in [0.25, 0.3) is 6.08 Å². The van der Waals surface area contributed by atoms with Gasteiger partial charge in [0.25, 0.3) is 5.91 Å². The molecule has 0 radical (unpaired) electrons. The first-order chi connectivity index (χ1) is 6.70. The van der Waals surface area contributed by atoms with Crippen LogP contribution in [-0.4, -0.2) is 16.7 Å². The van der Waals surface area contributed by atoms with Gasteiger partial charge in [-0.1, -0.05) is 30.3 Å². The molecule has 0 spiro atoms. The van der Waals surface area contributed by atoms with Gasteiger partial charge in [-0.05, 0) is 11.6 Å². The summed E-state index contributed by atoms with van der Waals surface area (Å²) >= 11 is 0. The fraction of sp³-hybridized carbons (Fsp3) is 0.0909. The molecule has 1 saturated heterocycles. The van der Waals surface area contributed by atoms with Crippen LogP contribution in [0.4, 0.5) is 0 Å². The summed E-state index contributed by atoms with van der Waals surface area (Å²) in [5, 5.41) is 0. The van der Waals surface area contributed by atoms with Gasteiger partial charge in [-0.3, -0.25) is 9.59 Å². The Kier molecular flexibility index (Phi) is 1.93. The summed E-state index contributed by atoms with van der Waals surface area (Å²) in [6, 6.07) is 9.45. The minimum absolute atomic E-state index is 0.193. The molecule has 3 heteroatoms. The molecule has 0 aliphatic carbocycles. The van der Waals surface area contributed by atoms with Crippen LogP contribution in [-0.2, 0) is 9.59 Å². The number of hydrogen-bond donors (Lipinski definition) is 0. The summed E-state index contributed by atoms with van der Waals surface area (Å²) in [6.45, 7) is 1.38. The van der Waals surface area contributed by atoms with E-state index in [9.17, 15) is 9.59 Å². The van der Waals surface area contributed by atoms with Crippen molar-refractivity contribution in [3.05, 3.63) is 41.6 Å². The summed E-state index contributed by atoms with van der Waals surface area (Å²) in [6.07, 6.45) is 1.71. The van der Waals surface area contributed by atoms with E-state index >= 15 is 0 Å². The van der Waals surface area contributed by atoms with Crippen LogP contribution in [0, 0.1) is 0 Å². The molecule has 1 aliphatic rings. The van der Waals surface area contributed by atoms with Gasteiger partial charge >= 0.3 is 0 Å². The zero-order valence-corrected chi connectivity index (χ0v) is 7.73. The Morgan fingerprint density at radius 2 is 1.93 bits per heavy atom. The molecule has 0 bridgehead atoms. The number of amides is 2. The standard InChI is InChI=1S/C11H9NO2/c1-8(13)12-10(11(12)14)7-9-5-3-2-4-6-9/h2-7H,1H3. The van der Waals surface area contributed by atoms with Gasteiger partial charge in [-0.25, -0.2) is 4.90 Å². The molecule has 70 valence electrons. The fourth-order valence-corrected chi connectivity index (χ4v) is 1.31. The molecule has 0 aromatic heterocycles. The van der Waals surface area contributed by atoms with E-state index in [1.54, 1.807) is 6.08 Å². The minimum Gasteiger partial charge on any atom is -0.274 e. The lowest BCUT2D eigenvalue weighted by Gasteiger charge is -1.89. The maximum atomic E-state index is 11.1. The molecule has 1 heterocycles. The van der Waals surface area contributed by atoms with Gasteiger partial charge in [0.1, 0.15) is 5.70 Å². The molecule has 1 aromatic rings. The Bertz CT molecular complexity index is 420. The van der Waals surface area contributed by atoms with E-state index in [0.29, 0.717) is 5.70 Å². The highest BCUT2D eigenvalue weighted by Crippen LogP contribution is 2.26. The lowest BCUT2D eigenvalue weighted by atomic mass is 10.2. The van der Waals surface area contributed by atoms with E-state index in [0.717, 1.165) is 10.5 Å². The lowest BCUT2D eigenvalue weighted by molar-refractivity contribution is -0.128. The lowest BCUT2D eigenvalue weighted by Crippen LogP contribution is -2.04. The molecular formula is C11H9NO2. The summed E-state index contributed by atoms with van der Waals surface area (Å²) in [5.41, 5.74) is 1.41. The van der Waals surface area contributed by atoms with E-state index in [1.165, 1.54) is 6.92 Å². The van der Waals surface area contributed by atoms with Crippen LogP contribution in [0.1, 0.15) is 12.5 Å². The maximum absolute atomic E-state index is 11.1. The van der Waals surface area contributed by atoms with Crippen molar-refractivity contribution in [3.63, 3.8) is 0 Å². The van der Waals surface area contributed by atoms with Gasteiger partial charge in [0, 0.05) is 6.92 Å². The first kappa shape index (κ1) is 8.69. The first-order valence-corrected chi connectivity index (χ1v) is 4.32. The Hall–Kier alpha value is -1.90. The van der Waals surface area contributed by atoms with Crippen molar-refractivity contribution in [3.8, 4) is 0 Å². The third-order valence-electron chi connectivity index (χ3n) is 2.03. The number of rotatable bonds is 1. The van der Waals surface area contributed by atoms with Crippen molar-refractivity contribution >= 4 is 17.9 Å². The van der Waals surface area contributed by atoms with Crippen LogP contribution < -0.4 is 0 Å². The Morgan fingerprint density at radius 3 is 2.43 bits per heavy atom. The zero-order valence-electron chi connectivity index (χ0n) is 7.73. The molecular weight excluding hydrogens is 178 g/mol. The fourth-order valence-electron chi connectivity index (χ4n) is 1.31. The van der Waals surface area contributed by atoms with Crippen molar-refractivity contribution in [2.45, 2.75) is 6.92 Å². The van der Waals surface area contributed by atoms with Crippen molar-refractivity contribution in [2.24, 2.45) is 0 Å². The summed E-state index contributed by atoms with van der Waals surface area (Å²) in [7, 11) is 0. The Balaban J connectivity index is 2.23. The number of hydrogen-bond acceptors (Lipinski definition) is 2. The maximum Gasteiger partial charge on any atom is 0.282 e. The zero-order chi connectivity index (χ0) is 10.1. The summed E-state index contributed by atoms with van der Waals surface area (Å²) < 4.78 is 0. The van der Waals surface area contributed by atoms with Gasteiger partial charge in [-0.15, -0.1) is 0 Å². The highest BCUT2D eigenvalue weighted by Gasteiger charge is 2.42. The second-order valence-corrected chi connectivity index (χ2v) is 3.10. The third-order valence-corrected chi connectivity index (χ3v) is 2.03. The van der Waals surface area contributed by atoms with Crippen LogP contribution in [0.2, 0.25) is 0 Å². The van der Waals surface area contributed by atoms with E-state index in [4.69, 9.17) is 0 Å². The normalized spacial score (nSPS) is 17.4. The first-order valence-electron chi connectivity index (χ1n) is 4.32. The molecule has 3 nitrogen and oxygen atoms in total. The third kappa shape index (κ3) is 1.44. The second-order valence-electron chi connectivity index (χ2n) is 3.10.